The summed E-state index contributed by atoms with van der Waals surface area (Å²) in [5.74, 6) is 3.90. The van der Waals surface area contributed by atoms with E-state index in [1.54, 1.807) is 6.92 Å². The zero-order valence-electron chi connectivity index (χ0n) is 14.7. The number of Topliss-reactive ketones (excluding diaryl/α,β-unsaturated/α-hetero) is 1. The highest BCUT2D eigenvalue weighted by Crippen LogP contribution is 2.66. The summed E-state index contributed by atoms with van der Waals surface area (Å²) in [7, 11) is 0. The van der Waals surface area contributed by atoms with Crippen molar-refractivity contribution in [2.24, 2.45) is 34.5 Å². The Kier molecular flexibility index (Phi) is 3.37. The summed E-state index contributed by atoms with van der Waals surface area (Å²) < 4.78 is 0. The van der Waals surface area contributed by atoms with Gasteiger partial charge in [0.1, 0.15) is 0 Å². The van der Waals surface area contributed by atoms with Gasteiger partial charge < -0.3 is 0 Å². The Balaban J connectivity index is 1.64. The lowest BCUT2D eigenvalue weighted by atomic mass is 9.45. The van der Waals surface area contributed by atoms with E-state index in [0.29, 0.717) is 11.2 Å². The summed E-state index contributed by atoms with van der Waals surface area (Å²) in [6.07, 6.45) is 14.9. The minimum absolute atomic E-state index is 0.199. The van der Waals surface area contributed by atoms with Gasteiger partial charge in [-0.05, 0) is 91.9 Å². The van der Waals surface area contributed by atoms with Crippen LogP contribution in [0.1, 0.15) is 78.6 Å². The highest BCUT2D eigenvalue weighted by Gasteiger charge is 2.58. The minimum atomic E-state index is 0.199. The monoisotopic (exact) mass is 300 g/mol. The summed E-state index contributed by atoms with van der Waals surface area (Å²) in [4.78, 5) is 12.1. The molecule has 0 radical (unpaired) electrons. The molecule has 0 heterocycles. The number of carbonyl (C=O) groups excluding carboxylic acids is 1. The molecular weight excluding hydrogens is 268 g/mol. The number of fused-ring (bicyclic) bond motifs is 5. The van der Waals surface area contributed by atoms with Crippen LogP contribution in [0.15, 0.2) is 11.6 Å². The number of hydrogen-bond donors (Lipinski definition) is 0. The van der Waals surface area contributed by atoms with Crippen LogP contribution in [0.2, 0.25) is 0 Å². The van der Waals surface area contributed by atoms with Gasteiger partial charge in [-0.25, -0.2) is 0 Å². The average Bonchev–Trinajstić information content (AvgIpc) is 2.84. The van der Waals surface area contributed by atoms with Crippen LogP contribution in [0.4, 0.5) is 0 Å². The molecule has 1 nitrogen and oxygen atoms in total. The molecule has 4 aliphatic carbocycles. The van der Waals surface area contributed by atoms with Gasteiger partial charge in [0.15, 0.2) is 5.78 Å². The van der Waals surface area contributed by atoms with Crippen LogP contribution in [-0.4, -0.2) is 5.78 Å². The molecule has 4 rings (SSSR count). The Hall–Kier alpha value is -0.590. The van der Waals surface area contributed by atoms with Gasteiger partial charge in [0.25, 0.3) is 0 Å². The van der Waals surface area contributed by atoms with Crippen LogP contribution in [0.5, 0.6) is 0 Å². The van der Waals surface area contributed by atoms with Crippen molar-refractivity contribution >= 4 is 5.78 Å². The van der Waals surface area contributed by atoms with Gasteiger partial charge in [0.05, 0.1) is 0 Å². The standard InChI is InChI=1S/C21H32O/c1-14(22)17-9-10-18-16-8-7-15-6-4-5-12-20(15,2)19(16)11-13-21(17,18)3/h9,15-16,18-19H,4-8,10-13H2,1-3H3/t15-,16+,18-,19-,20+,21-/m1/s1. The lowest BCUT2D eigenvalue weighted by Gasteiger charge is -2.60. The van der Waals surface area contributed by atoms with E-state index in [-0.39, 0.29) is 5.41 Å². The van der Waals surface area contributed by atoms with Crippen LogP contribution >= 0.6 is 0 Å². The Labute approximate surface area is 135 Å². The fraction of sp³-hybridized carbons (Fsp3) is 0.857. The van der Waals surface area contributed by atoms with Crippen molar-refractivity contribution in [2.45, 2.75) is 78.6 Å². The molecule has 0 unspecified atom stereocenters. The third-order valence-corrected chi connectivity index (χ3v) is 8.54. The van der Waals surface area contributed by atoms with E-state index < -0.39 is 0 Å². The summed E-state index contributed by atoms with van der Waals surface area (Å²) in [5, 5.41) is 0. The van der Waals surface area contributed by atoms with E-state index >= 15 is 0 Å². The fourth-order valence-corrected chi connectivity index (χ4v) is 7.41. The smallest absolute Gasteiger partial charge is 0.156 e. The molecule has 0 aromatic heterocycles. The van der Waals surface area contributed by atoms with Crippen molar-refractivity contribution in [3.05, 3.63) is 11.6 Å². The minimum Gasteiger partial charge on any atom is -0.295 e. The second kappa shape index (κ2) is 4.95. The molecule has 0 saturated heterocycles. The Bertz CT molecular complexity index is 518. The molecule has 122 valence electrons. The second-order valence-corrected chi connectivity index (χ2v) is 9.27. The van der Waals surface area contributed by atoms with E-state index in [1.165, 1.54) is 63.4 Å². The molecule has 1 heteroatoms. The van der Waals surface area contributed by atoms with Crippen molar-refractivity contribution in [1.29, 1.82) is 0 Å². The van der Waals surface area contributed by atoms with Crippen LogP contribution < -0.4 is 0 Å². The van der Waals surface area contributed by atoms with E-state index in [0.717, 1.165) is 23.7 Å². The van der Waals surface area contributed by atoms with Gasteiger partial charge in [-0.15, -0.1) is 0 Å². The normalized spacial score (nSPS) is 50.6. The van der Waals surface area contributed by atoms with Gasteiger partial charge in [-0.3, -0.25) is 4.79 Å². The number of carbonyl (C=O) groups is 1. The third kappa shape index (κ3) is 1.86. The number of allylic oxidation sites excluding steroid dienone is 2. The molecule has 0 spiro atoms. The van der Waals surface area contributed by atoms with Gasteiger partial charge in [0, 0.05) is 0 Å². The van der Waals surface area contributed by atoms with Crippen molar-refractivity contribution in [1.82, 2.24) is 0 Å². The molecule has 0 aromatic rings. The maximum Gasteiger partial charge on any atom is 0.156 e. The third-order valence-electron chi connectivity index (χ3n) is 8.54. The van der Waals surface area contributed by atoms with E-state index in [1.807, 2.05) is 0 Å². The second-order valence-electron chi connectivity index (χ2n) is 9.27. The molecule has 0 amide bonds. The SMILES string of the molecule is CC(=O)C1=CC[C@@H]2[C@@H]3CC[C@H]4CCCC[C@]4(C)[C@@H]3CC[C@]12C. The highest BCUT2D eigenvalue weighted by atomic mass is 16.1. The maximum absolute atomic E-state index is 12.1. The van der Waals surface area contributed by atoms with Crippen LogP contribution in [0.3, 0.4) is 0 Å². The van der Waals surface area contributed by atoms with Crippen LogP contribution in [0.25, 0.3) is 0 Å². The molecular formula is C21H32O. The molecule has 0 bridgehead atoms. The predicted octanol–water partition coefficient (Wildman–Crippen LogP) is 5.54. The van der Waals surface area contributed by atoms with Crippen molar-refractivity contribution in [3.8, 4) is 0 Å². The van der Waals surface area contributed by atoms with Crippen LogP contribution in [0, 0.1) is 34.5 Å². The lowest BCUT2D eigenvalue weighted by Crippen LogP contribution is -2.52. The van der Waals surface area contributed by atoms with Gasteiger partial charge >= 0.3 is 0 Å². The van der Waals surface area contributed by atoms with Gasteiger partial charge in [-0.2, -0.15) is 0 Å². The molecule has 22 heavy (non-hydrogen) atoms. The predicted molar refractivity (Wildman–Crippen MR) is 90.5 cm³/mol. The highest BCUT2D eigenvalue weighted by molar-refractivity contribution is 5.95. The first kappa shape index (κ1) is 15.0. The maximum atomic E-state index is 12.1. The summed E-state index contributed by atoms with van der Waals surface area (Å²) in [6.45, 7) is 6.82. The van der Waals surface area contributed by atoms with E-state index in [4.69, 9.17) is 0 Å². The van der Waals surface area contributed by atoms with Gasteiger partial charge in [-0.1, -0.05) is 32.8 Å². The molecule has 6 atom stereocenters. The zero-order valence-corrected chi connectivity index (χ0v) is 14.7. The van der Waals surface area contributed by atoms with Crippen LogP contribution in [-0.2, 0) is 4.79 Å². The molecule has 3 fully saturated rings. The summed E-state index contributed by atoms with van der Waals surface area (Å²) in [6, 6.07) is 0. The quantitative estimate of drug-likeness (QED) is 0.621. The molecule has 3 saturated carbocycles. The topological polar surface area (TPSA) is 17.1 Å². The molecule has 0 aromatic carbocycles. The number of hydrogen-bond acceptors (Lipinski definition) is 1. The fourth-order valence-electron chi connectivity index (χ4n) is 7.41. The number of ketones is 1. The summed E-state index contributed by atoms with van der Waals surface area (Å²) >= 11 is 0. The first-order chi connectivity index (χ1) is 10.5. The largest absolute Gasteiger partial charge is 0.295 e. The number of rotatable bonds is 1. The van der Waals surface area contributed by atoms with Gasteiger partial charge in [0.2, 0.25) is 0 Å². The molecule has 4 aliphatic rings. The molecule has 0 aliphatic heterocycles. The first-order valence-corrected chi connectivity index (χ1v) is 9.68. The van der Waals surface area contributed by atoms with Crippen molar-refractivity contribution < 1.29 is 4.79 Å². The molecule has 0 N–H and O–H groups in total. The lowest BCUT2D eigenvalue weighted by molar-refractivity contribution is -0.118. The Morgan fingerprint density at radius 3 is 2.64 bits per heavy atom. The Morgan fingerprint density at radius 2 is 1.86 bits per heavy atom. The van der Waals surface area contributed by atoms with E-state index in [2.05, 4.69) is 19.9 Å². The van der Waals surface area contributed by atoms with Crippen molar-refractivity contribution in [3.63, 3.8) is 0 Å². The Morgan fingerprint density at radius 1 is 1.05 bits per heavy atom. The van der Waals surface area contributed by atoms with E-state index in [9.17, 15) is 4.79 Å². The first-order valence-electron chi connectivity index (χ1n) is 9.68. The van der Waals surface area contributed by atoms with Crippen molar-refractivity contribution in [2.75, 3.05) is 0 Å². The summed E-state index contributed by atoms with van der Waals surface area (Å²) in [5.41, 5.74) is 1.98. The zero-order chi connectivity index (χ0) is 15.5. The average molecular weight is 300 g/mol.